The first kappa shape index (κ1) is 14.2. The first-order chi connectivity index (χ1) is 10.0. The number of rotatable bonds is 3. The van der Waals surface area contributed by atoms with Gasteiger partial charge in [0.1, 0.15) is 0 Å². The van der Waals surface area contributed by atoms with Crippen LogP contribution in [0.5, 0.6) is 0 Å². The molecule has 0 radical (unpaired) electrons. The van der Waals surface area contributed by atoms with Crippen molar-refractivity contribution in [3.8, 4) is 0 Å². The summed E-state index contributed by atoms with van der Waals surface area (Å²) in [5, 5.41) is 0.632. The van der Waals surface area contributed by atoms with Crippen molar-refractivity contribution in [2.75, 3.05) is 33.7 Å². The summed E-state index contributed by atoms with van der Waals surface area (Å²) in [6.45, 7) is 2.82. The molecule has 112 valence electrons. The van der Waals surface area contributed by atoms with Crippen molar-refractivity contribution in [2.24, 2.45) is 0 Å². The fraction of sp³-hybridized carbons (Fsp3) is 0.438. The van der Waals surface area contributed by atoms with E-state index in [1.807, 2.05) is 7.05 Å². The SMILES string of the molecule is CN1CCN(C)C(CC(=O)c2cc3cccc(F)c3o2)C1. The Kier molecular flexibility index (Phi) is 3.78. The molecular formula is C16H19FN2O2. The van der Waals surface area contributed by atoms with Crippen molar-refractivity contribution in [3.05, 3.63) is 35.8 Å². The number of Topliss-reactive ketones (excluding diaryl/α,β-unsaturated/α-hetero) is 1. The highest BCUT2D eigenvalue weighted by Crippen LogP contribution is 2.24. The lowest BCUT2D eigenvalue weighted by Crippen LogP contribution is -2.50. The molecule has 0 bridgehead atoms. The molecule has 0 N–H and O–H groups in total. The van der Waals surface area contributed by atoms with Gasteiger partial charge in [-0.05, 0) is 26.2 Å². The van der Waals surface area contributed by atoms with E-state index in [0.717, 1.165) is 19.6 Å². The van der Waals surface area contributed by atoms with E-state index in [-0.39, 0.29) is 23.2 Å². The number of hydrogen-bond donors (Lipinski definition) is 0. The van der Waals surface area contributed by atoms with Gasteiger partial charge in [-0.1, -0.05) is 12.1 Å². The van der Waals surface area contributed by atoms with Crippen molar-refractivity contribution in [1.82, 2.24) is 9.80 Å². The van der Waals surface area contributed by atoms with Crippen molar-refractivity contribution in [1.29, 1.82) is 0 Å². The monoisotopic (exact) mass is 290 g/mol. The number of likely N-dealkylation sites (N-methyl/N-ethyl adjacent to an activating group) is 2. The zero-order valence-corrected chi connectivity index (χ0v) is 12.3. The average molecular weight is 290 g/mol. The molecule has 1 aromatic heterocycles. The topological polar surface area (TPSA) is 36.7 Å². The number of fused-ring (bicyclic) bond motifs is 1. The Labute approximate surface area is 123 Å². The Balaban J connectivity index is 1.79. The van der Waals surface area contributed by atoms with Crippen LogP contribution in [0.4, 0.5) is 4.39 Å². The summed E-state index contributed by atoms with van der Waals surface area (Å²) < 4.78 is 19.0. The maximum absolute atomic E-state index is 13.6. The predicted octanol–water partition coefficient (Wildman–Crippen LogP) is 2.39. The molecule has 0 aliphatic carbocycles. The largest absolute Gasteiger partial charge is 0.450 e. The molecule has 0 amide bonds. The van der Waals surface area contributed by atoms with Crippen molar-refractivity contribution in [2.45, 2.75) is 12.5 Å². The molecule has 2 heterocycles. The van der Waals surface area contributed by atoms with Gasteiger partial charge in [-0.3, -0.25) is 4.79 Å². The van der Waals surface area contributed by atoms with E-state index >= 15 is 0 Å². The fourth-order valence-electron chi connectivity index (χ4n) is 2.80. The summed E-state index contributed by atoms with van der Waals surface area (Å²) in [5.41, 5.74) is 0.162. The van der Waals surface area contributed by atoms with E-state index in [4.69, 9.17) is 4.42 Å². The Morgan fingerprint density at radius 3 is 2.95 bits per heavy atom. The van der Waals surface area contributed by atoms with Gasteiger partial charge in [0.15, 0.2) is 22.9 Å². The molecule has 3 rings (SSSR count). The molecule has 1 aliphatic heterocycles. The lowest BCUT2D eigenvalue weighted by molar-refractivity contribution is 0.0789. The van der Waals surface area contributed by atoms with E-state index < -0.39 is 5.82 Å². The van der Waals surface area contributed by atoms with Gasteiger partial charge >= 0.3 is 0 Å². The van der Waals surface area contributed by atoms with Crippen molar-refractivity contribution < 1.29 is 13.6 Å². The van der Waals surface area contributed by atoms with Gasteiger partial charge in [0, 0.05) is 37.5 Å². The lowest BCUT2D eigenvalue weighted by atomic mass is 10.0. The number of hydrogen-bond acceptors (Lipinski definition) is 4. The average Bonchev–Trinajstić information content (AvgIpc) is 2.88. The van der Waals surface area contributed by atoms with Crippen LogP contribution in [0.3, 0.4) is 0 Å². The van der Waals surface area contributed by atoms with Crippen LogP contribution >= 0.6 is 0 Å². The van der Waals surface area contributed by atoms with Crippen molar-refractivity contribution >= 4 is 16.8 Å². The smallest absolute Gasteiger partial charge is 0.199 e. The van der Waals surface area contributed by atoms with E-state index in [9.17, 15) is 9.18 Å². The molecule has 1 saturated heterocycles. The summed E-state index contributed by atoms with van der Waals surface area (Å²) in [4.78, 5) is 16.8. The quantitative estimate of drug-likeness (QED) is 0.813. The normalized spacial score (nSPS) is 21.0. The Hall–Kier alpha value is -1.72. The zero-order chi connectivity index (χ0) is 15.0. The molecule has 1 aromatic carbocycles. The number of carbonyl (C=O) groups excluding carboxylic acids is 1. The van der Waals surface area contributed by atoms with Crippen LogP contribution in [0, 0.1) is 5.82 Å². The highest BCUT2D eigenvalue weighted by molar-refractivity contribution is 5.97. The minimum absolute atomic E-state index is 0.0715. The molecule has 1 atom stereocenters. The standard InChI is InChI=1S/C16H19FN2O2/c1-18-6-7-19(2)12(10-18)9-14(20)15-8-11-4-3-5-13(17)16(11)21-15/h3-5,8,12H,6-7,9-10H2,1-2H3. The second-order valence-corrected chi connectivity index (χ2v) is 5.79. The highest BCUT2D eigenvalue weighted by atomic mass is 19.1. The third-order valence-electron chi connectivity index (χ3n) is 4.17. The Morgan fingerprint density at radius 2 is 2.19 bits per heavy atom. The third kappa shape index (κ3) is 2.84. The molecule has 1 aliphatic rings. The lowest BCUT2D eigenvalue weighted by Gasteiger charge is -2.37. The van der Waals surface area contributed by atoms with Crippen LogP contribution in [0.25, 0.3) is 11.0 Å². The Morgan fingerprint density at radius 1 is 1.38 bits per heavy atom. The van der Waals surface area contributed by atoms with Gasteiger partial charge in [0.25, 0.3) is 0 Å². The Bertz CT molecular complexity index is 667. The summed E-state index contributed by atoms with van der Waals surface area (Å²) in [7, 11) is 4.09. The van der Waals surface area contributed by atoms with Gasteiger partial charge < -0.3 is 14.2 Å². The fourth-order valence-corrected chi connectivity index (χ4v) is 2.80. The molecule has 0 saturated carbocycles. The third-order valence-corrected chi connectivity index (χ3v) is 4.17. The van der Waals surface area contributed by atoms with Crippen LogP contribution in [0.2, 0.25) is 0 Å². The van der Waals surface area contributed by atoms with Crippen LogP contribution in [0.15, 0.2) is 28.7 Å². The molecular weight excluding hydrogens is 271 g/mol. The van der Waals surface area contributed by atoms with Crippen LogP contribution in [-0.2, 0) is 0 Å². The highest BCUT2D eigenvalue weighted by Gasteiger charge is 2.26. The van der Waals surface area contributed by atoms with E-state index in [1.165, 1.54) is 6.07 Å². The van der Waals surface area contributed by atoms with Crippen molar-refractivity contribution in [3.63, 3.8) is 0 Å². The maximum Gasteiger partial charge on any atom is 0.199 e. The summed E-state index contributed by atoms with van der Waals surface area (Å²) >= 11 is 0. The molecule has 21 heavy (non-hydrogen) atoms. The zero-order valence-electron chi connectivity index (χ0n) is 12.3. The summed E-state index contributed by atoms with van der Waals surface area (Å²) in [5.74, 6) is -0.254. The minimum Gasteiger partial charge on any atom is -0.450 e. The van der Waals surface area contributed by atoms with Crippen LogP contribution < -0.4 is 0 Å². The number of ketones is 1. The molecule has 0 spiro atoms. The summed E-state index contributed by atoms with van der Waals surface area (Å²) in [6.07, 6.45) is 0.391. The first-order valence-electron chi connectivity index (χ1n) is 7.14. The minimum atomic E-state index is -0.430. The van der Waals surface area contributed by atoms with Gasteiger partial charge in [0.05, 0.1) is 0 Å². The molecule has 5 heteroatoms. The number of furan rings is 1. The number of benzene rings is 1. The predicted molar refractivity (Wildman–Crippen MR) is 79.0 cm³/mol. The van der Waals surface area contributed by atoms with Crippen LogP contribution in [0.1, 0.15) is 17.0 Å². The second-order valence-electron chi connectivity index (χ2n) is 5.79. The van der Waals surface area contributed by atoms with E-state index in [1.54, 1.807) is 18.2 Å². The van der Waals surface area contributed by atoms with Gasteiger partial charge in [-0.2, -0.15) is 0 Å². The number of para-hydroxylation sites is 1. The number of piperazine rings is 1. The first-order valence-corrected chi connectivity index (χ1v) is 7.14. The molecule has 2 aromatic rings. The summed E-state index contributed by atoms with van der Waals surface area (Å²) in [6, 6.07) is 6.51. The molecule has 1 fully saturated rings. The van der Waals surface area contributed by atoms with Gasteiger partial charge in [-0.25, -0.2) is 4.39 Å². The molecule has 1 unspecified atom stereocenters. The number of halogens is 1. The molecule has 4 nitrogen and oxygen atoms in total. The van der Waals surface area contributed by atoms with Gasteiger partial charge in [-0.15, -0.1) is 0 Å². The van der Waals surface area contributed by atoms with E-state index in [2.05, 4.69) is 16.8 Å². The van der Waals surface area contributed by atoms with Gasteiger partial charge in [0.2, 0.25) is 0 Å². The van der Waals surface area contributed by atoms with Crippen LogP contribution in [-0.4, -0.2) is 55.4 Å². The second kappa shape index (κ2) is 5.58. The maximum atomic E-state index is 13.6. The number of nitrogens with zero attached hydrogens (tertiary/aromatic N) is 2. The van der Waals surface area contributed by atoms with E-state index in [0.29, 0.717) is 11.8 Å². The number of carbonyl (C=O) groups is 1.